The molecule has 0 bridgehead atoms. The number of rotatable bonds is 5. The first kappa shape index (κ1) is 14.8. The number of carbonyl (C=O) groups excluding carboxylic acids is 1. The van der Waals surface area contributed by atoms with E-state index in [1.54, 1.807) is 0 Å². The highest BCUT2D eigenvalue weighted by Gasteiger charge is 2.35. The number of nitrogens with zero attached hydrogens (tertiary/aromatic N) is 1. The fraction of sp³-hybridized carbons (Fsp3) is 0.929. The highest BCUT2D eigenvalue weighted by Crippen LogP contribution is 2.20. The Bertz CT molecular complexity index is 292. The Morgan fingerprint density at radius 1 is 1.26 bits per heavy atom. The predicted molar refractivity (Wildman–Crippen MR) is 73.0 cm³/mol. The molecule has 0 saturated carbocycles. The minimum atomic E-state index is -0.0233. The number of carbonyl (C=O) groups is 1. The fourth-order valence-corrected chi connectivity index (χ4v) is 2.95. The molecule has 1 N–H and O–H groups in total. The Kier molecular flexibility index (Phi) is 5.60. The second-order valence-electron chi connectivity index (χ2n) is 5.58. The lowest BCUT2D eigenvalue weighted by Crippen LogP contribution is -2.46. The summed E-state index contributed by atoms with van der Waals surface area (Å²) >= 11 is 0. The molecule has 2 heterocycles. The van der Waals surface area contributed by atoms with Crippen LogP contribution in [0.4, 0.5) is 0 Å². The van der Waals surface area contributed by atoms with Gasteiger partial charge in [0.05, 0.1) is 19.1 Å². The van der Waals surface area contributed by atoms with Crippen LogP contribution in [0, 0.1) is 11.8 Å². The Hall–Kier alpha value is -0.650. The number of ether oxygens (including phenoxy) is 2. The zero-order valence-corrected chi connectivity index (χ0v) is 12.1. The number of hydrogen-bond donors (Lipinski definition) is 1. The van der Waals surface area contributed by atoms with E-state index in [9.17, 15) is 4.79 Å². The van der Waals surface area contributed by atoms with Crippen molar-refractivity contribution in [2.24, 2.45) is 11.8 Å². The van der Waals surface area contributed by atoms with Crippen molar-refractivity contribution in [1.82, 2.24) is 10.2 Å². The largest absolute Gasteiger partial charge is 0.381 e. The molecule has 110 valence electrons. The fourth-order valence-electron chi connectivity index (χ4n) is 2.95. The third kappa shape index (κ3) is 3.91. The molecular weight excluding hydrogens is 244 g/mol. The van der Waals surface area contributed by atoms with Crippen molar-refractivity contribution < 1.29 is 14.3 Å². The van der Waals surface area contributed by atoms with E-state index in [-0.39, 0.29) is 17.9 Å². The lowest BCUT2D eigenvalue weighted by molar-refractivity contribution is -0.135. The molecule has 2 atom stereocenters. The summed E-state index contributed by atoms with van der Waals surface area (Å²) in [5, 5.41) is 3.34. The van der Waals surface area contributed by atoms with Gasteiger partial charge in [-0.05, 0) is 25.3 Å². The van der Waals surface area contributed by atoms with Crippen LogP contribution in [0.1, 0.15) is 19.8 Å². The van der Waals surface area contributed by atoms with Gasteiger partial charge in [-0.1, -0.05) is 6.92 Å². The van der Waals surface area contributed by atoms with Crippen molar-refractivity contribution in [3.05, 3.63) is 0 Å². The van der Waals surface area contributed by atoms with Gasteiger partial charge in [0, 0.05) is 32.8 Å². The lowest BCUT2D eigenvalue weighted by atomic mass is 9.97. The van der Waals surface area contributed by atoms with Gasteiger partial charge in [0.25, 0.3) is 0 Å². The maximum absolute atomic E-state index is 12.5. The zero-order chi connectivity index (χ0) is 13.7. The van der Waals surface area contributed by atoms with E-state index in [1.807, 2.05) is 11.9 Å². The Morgan fingerprint density at radius 3 is 2.68 bits per heavy atom. The number of likely N-dealkylation sites (N-methyl/N-ethyl adjacent to an activating group) is 1. The molecule has 2 fully saturated rings. The van der Waals surface area contributed by atoms with Crippen LogP contribution in [-0.4, -0.2) is 63.4 Å². The average Bonchev–Trinajstić information content (AvgIpc) is 2.87. The van der Waals surface area contributed by atoms with E-state index < -0.39 is 0 Å². The molecule has 2 unspecified atom stereocenters. The first-order chi connectivity index (χ1) is 9.22. The lowest BCUT2D eigenvalue weighted by Gasteiger charge is -2.29. The van der Waals surface area contributed by atoms with Gasteiger partial charge in [0.1, 0.15) is 0 Å². The highest BCUT2D eigenvalue weighted by atomic mass is 16.5. The number of amides is 1. The van der Waals surface area contributed by atoms with Crippen LogP contribution in [0.15, 0.2) is 0 Å². The first-order valence-corrected chi connectivity index (χ1v) is 7.36. The summed E-state index contributed by atoms with van der Waals surface area (Å²) in [6.07, 6.45) is 2.13. The third-order valence-corrected chi connectivity index (χ3v) is 4.11. The van der Waals surface area contributed by atoms with E-state index in [1.165, 1.54) is 0 Å². The molecule has 0 radical (unpaired) electrons. The van der Waals surface area contributed by atoms with Gasteiger partial charge in [-0.15, -0.1) is 0 Å². The van der Waals surface area contributed by atoms with Crippen LogP contribution < -0.4 is 5.32 Å². The Balaban J connectivity index is 1.83. The summed E-state index contributed by atoms with van der Waals surface area (Å²) in [5.41, 5.74) is 0. The topological polar surface area (TPSA) is 50.8 Å². The zero-order valence-electron chi connectivity index (χ0n) is 12.1. The highest BCUT2D eigenvalue weighted by molar-refractivity contribution is 5.79. The normalized spacial score (nSPS) is 28.5. The molecule has 1 amide bonds. The van der Waals surface area contributed by atoms with Crippen LogP contribution in [0.25, 0.3) is 0 Å². The maximum Gasteiger partial charge on any atom is 0.229 e. The molecule has 2 rings (SSSR count). The average molecular weight is 270 g/mol. The van der Waals surface area contributed by atoms with Crippen molar-refractivity contribution in [3.8, 4) is 0 Å². The van der Waals surface area contributed by atoms with Crippen molar-refractivity contribution in [3.63, 3.8) is 0 Å². The summed E-state index contributed by atoms with van der Waals surface area (Å²) in [6, 6.07) is 0.176. The standard InChI is InChI=1S/C14H26N2O3/c1-3-15-13-10-19-9-12(13)14(17)16(2)8-11-4-6-18-7-5-11/h11-13,15H,3-10H2,1-2H3. The molecule has 2 aliphatic heterocycles. The van der Waals surface area contributed by atoms with Crippen LogP contribution >= 0.6 is 0 Å². The van der Waals surface area contributed by atoms with E-state index >= 15 is 0 Å². The molecule has 0 spiro atoms. The summed E-state index contributed by atoms with van der Waals surface area (Å²) < 4.78 is 10.8. The van der Waals surface area contributed by atoms with E-state index in [2.05, 4.69) is 12.2 Å². The smallest absolute Gasteiger partial charge is 0.229 e. The van der Waals surface area contributed by atoms with Crippen LogP contribution in [0.2, 0.25) is 0 Å². The minimum absolute atomic E-state index is 0.0233. The predicted octanol–water partition coefficient (Wildman–Crippen LogP) is 0.496. The molecule has 0 aromatic carbocycles. The van der Waals surface area contributed by atoms with Crippen molar-refractivity contribution >= 4 is 5.91 Å². The van der Waals surface area contributed by atoms with Gasteiger partial charge in [-0.2, -0.15) is 0 Å². The summed E-state index contributed by atoms with van der Waals surface area (Å²) in [6.45, 7) is 6.65. The molecule has 0 aliphatic carbocycles. The number of nitrogens with one attached hydrogen (secondary N) is 1. The molecule has 5 nitrogen and oxygen atoms in total. The van der Waals surface area contributed by atoms with Crippen LogP contribution in [-0.2, 0) is 14.3 Å². The molecule has 19 heavy (non-hydrogen) atoms. The van der Waals surface area contributed by atoms with Gasteiger partial charge in [0.15, 0.2) is 0 Å². The van der Waals surface area contributed by atoms with Gasteiger partial charge in [0.2, 0.25) is 5.91 Å². The van der Waals surface area contributed by atoms with Crippen molar-refractivity contribution in [2.45, 2.75) is 25.8 Å². The van der Waals surface area contributed by atoms with E-state index in [0.717, 1.165) is 39.1 Å². The van der Waals surface area contributed by atoms with Crippen LogP contribution in [0.5, 0.6) is 0 Å². The first-order valence-electron chi connectivity index (χ1n) is 7.36. The number of hydrogen-bond acceptors (Lipinski definition) is 4. The molecule has 0 aromatic rings. The van der Waals surface area contributed by atoms with Gasteiger partial charge in [-0.3, -0.25) is 4.79 Å². The van der Waals surface area contributed by atoms with Gasteiger partial charge in [-0.25, -0.2) is 0 Å². The van der Waals surface area contributed by atoms with Gasteiger partial charge < -0.3 is 19.7 Å². The summed E-state index contributed by atoms with van der Waals surface area (Å²) in [7, 11) is 1.92. The van der Waals surface area contributed by atoms with Gasteiger partial charge >= 0.3 is 0 Å². The van der Waals surface area contributed by atoms with E-state index in [0.29, 0.717) is 19.1 Å². The van der Waals surface area contributed by atoms with E-state index in [4.69, 9.17) is 9.47 Å². The molecule has 2 saturated heterocycles. The maximum atomic E-state index is 12.5. The molecular formula is C14H26N2O3. The quantitative estimate of drug-likeness (QED) is 0.790. The third-order valence-electron chi connectivity index (χ3n) is 4.11. The second-order valence-corrected chi connectivity index (χ2v) is 5.58. The summed E-state index contributed by atoms with van der Waals surface area (Å²) in [5.74, 6) is 0.780. The van der Waals surface area contributed by atoms with Crippen molar-refractivity contribution in [2.75, 3.05) is 46.6 Å². The SMILES string of the molecule is CCNC1COCC1C(=O)N(C)CC1CCOCC1. The second kappa shape index (κ2) is 7.22. The van der Waals surface area contributed by atoms with Crippen LogP contribution in [0.3, 0.4) is 0 Å². The Morgan fingerprint density at radius 2 is 2.00 bits per heavy atom. The van der Waals surface area contributed by atoms with Crippen molar-refractivity contribution in [1.29, 1.82) is 0 Å². The minimum Gasteiger partial charge on any atom is -0.381 e. The molecule has 0 aromatic heterocycles. The molecule has 5 heteroatoms. The Labute approximate surface area is 115 Å². The molecule has 2 aliphatic rings. The monoisotopic (exact) mass is 270 g/mol. The summed E-state index contributed by atoms with van der Waals surface area (Å²) in [4.78, 5) is 14.4.